The molecule has 1 aliphatic rings. The summed E-state index contributed by atoms with van der Waals surface area (Å²) in [5, 5.41) is 17.9. The number of benzene rings is 2. The zero-order valence-corrected chi connectivity index (χ0v) is 17.5. The Bertz CT molecular complexity index is 1210. The highest BCUT2D eigenvalue weighted by Gasteiger charge is 2.37. The number of nitrogens with one attached hydrogen (secondary N) is 1. The number of nitrogens with two attached hydrogens (primary N) is 1. The Morgan fingerprint density at radius 3 is 2.63 bits per heavy atom. The lowest BCUT2D eigenvalue weighted by Crippen LogP contribution is -2.21. The topological polar surface area (TPSA) is 106 Å². The summed E-state index contributed by atoms with van der Waals surface area (Å²) in [6.45, 7) is 0. The predicted molar refractivity (Wildman–Crippen MR) is 113 cm³/mol. The quantitative estimate of drug-likeness (QED) is 0.610. The number of rotatable bonds is 4. The normalized spacial score (nSPS) is 15.2. The molecule has 0 saturated heterocycles. The molecule has 0 fully saturated rings. The molecule has 2 aromatic carbocycles. The van der Waals surface area contributed by atoms with Gasteiger partial charge in [-0.1, -0.05) is 41.4 Å². The molecule has 1 unspecified atom stereocenters. The van der Waals surface area contributed by atoms with Crippen LogP contribution in [0.15, 0.2) is 47.9 Å². The molecule has 1 aliphatic heterocycles. The summed E-state index contributed by atoms with van der Waals surface area (Å²) in [4.78, 5) is 0. The van der Waals surface area contributed by atoms with Gasteiger partial charge in [0.25, 0.3) is 0 Å². The van der Waals surface area contributed by atoms with Gasteiger partial charge in [0.2, 0.25) is 11.8 Å². The lowest BCUT2D eigenvalue weighted by molar-refractivity contribution is 0.348. The van der Waals surface area contributed by atoms with Crippen molar-refractivity contribution in [2.75, 3.05) is 14.2 Å². The number of allylic oxidation sites excluding steroid dienone is 1. The molecule has 3 N–H and O–H groups in total. The summed E-state index contributed by atoms with van der Waals surface area (Å²) in [7, 11) is 3.08. The Kier molecular flexibility index (Phi) is 5.20. The van der Waals surface area contributed by atoms with Crippen LogP contribution in [-0.4, -0.2) is 24.4 Å². The molecular weight excluding hydrogens is 427 g/mol. The molecule has 0 aliphatic carbocycles. The van der Waals surface area contributed by atoms with Gasteiger partial charge in [-0.15, -0.1) is 5.10 Å². The Morgan fingerprint density at radius 1 is 1.17 bits per heavy atom. The van der Waals surface area contributed by atoms with Gasteiger partial charge in [0.05, 0.1) is 41.4 Å². The van der Waals surface area contributed by atoms with Crippen molar-refractivity contribution in [3.63, 3.8) is 0 Å². The second-order valence-electron chi connectivity index (χ2n) is 6.45. The third-order valence-corrected chi connectivity index (χ3v) is 5.63. The fraction of sp³-hybridized carbons (Fsp3) is 0.143. The molecule has 1 aromatic heterocycles. The lowest BCUT2D eigenvalue weighted by atomic mass is 9.82. The molecule has 2 heterocycles. The summed E-state index contributed by atoms with van der Waals surface area (Å²) < 4.78 is 16.7. The van der Waals surface area contributed by atoms with Gasteiger partial charge in [-0.3, -0.25) is 5.10 Å². The van der Waals surface area contributed by atoms with E-state index in [2.05, 4.69) is 16.3 Å². The molecule has 0 amide bonds. The van der Waals surface area contributed by atoms with Crippen LogP contribution in [0.1, 0.15) is 17.0 Å². The van der Waals surface area contributed by atoms with E-state index < -0.39 is 5.92 Å². The van der Waals surface area contributed by atoms with E-state index in [-0.39, 0.29) is 17.3 Å². The molecular formula is C21H16Cl2N4O3. The highest BCUT2D eigenvalue weighted by molar-refractivity contribution is 6.42. The zero-order valence-electron chi connectivity index (χ0n) is 16.0. The van der Waals surface area contributed by atoms with Crippen molar-refractivity contribution >= 4 is 23.2 Å². The van der Waals surface area contributed by atoms with Crippen LogP contribution in [0.4, 0.5) is 0 Å². The highest BCUT2D eigenvalue weighted by atomic mass is 35.5. The number of aromatic amines is 1. The number of H-pyrrole nitrogens is 1. The van der Waals surface area contributed by atoms with Gasteiger partial charge in [0, 0.05) is 11.1 Å². The first-order valence-corrected chi connectivity index (χ1v) is 9.57. The second-order valence-corrected chi connectivity index (χ2v) is 7.27. The third-order valence-electron chi connectivity index (χ3n) is 4.89. The first-order valence-electron chi connectivity index (χ1n) is 8.82. The predicted octanol–water partition coefficient (Wildman–Crippen LogP) is 4.62. The van der Waals surface area contributed by atoms with Crippen molar-refractivity contribution < 1.29 is 14.2 Å². The summed E-state index contributed by atoms with van der Waals surface area (Å²) in [6, 6.07) is 12.8. The van der Waals surface area contributed by atoms with Crippen LogP contribution in [0.25, 0.3) is 11.3 Å². The van der Waals surface area contributed by atoms with Crippen molar-refractivity contribution in [1.29, 1.82) is 5.26 Å². The molecule has 4 rings (SSSR count). The lowest BCUT2D eigenvalue weighted by Gasteiger charge is -2.26. The van der Waals surface area contributed by atoms with Gasteiger partial charge in [0.15, 0.2) is 11.5 Å². The Balaban J connectivity index is 2.00. The van der Waals surface area contributed by atoms with Gasteiger partial charge in [-0.2, -0.15) is 5.26 Å². The van der Waals surface area contributed by atoms with E-state index in [4.69, 9.17) is 43.1 Å². The SMILES string of the molecule is COc1cccc(C2C(C#N)=C(N)Oc3n[nH]c(-c4ccc(Cl)c(Cl)c4)c32)c1OC. The Hall–Kier alpha value is -3.34. The molecule has 152 valence electrons. The summed E-state index contributed by atoms with van der Waals surface area (Å²) in [6.07, 6.45) is 0. The van der Waals surface area contributed by atoms with Crippen molar-refractivity contribution in [3.05, 3.63) is 69.0 Å². The average Bonchev–Trinajstić information content (AvgIpc) is 3.17. The smallest absolute Gasteiger partial charge is 0.244 e. The number of hydrogen-bond donors (Lipinski definition) is 2. The number of hydrogen-bond acceptors (Lipinski definition) is 6. The number of aromatic nitrogens is 2. The van der Waals surface area contributed by atoms with Gasteiger partial charge in [-0.25, -0.2) is 0 Å². The number of halogens is 2. The van der Waals surface area contributed by atoms with E-state index in [9.17, 15) is 5.26 Å². The third kappa shape index (κ3) is 3.11. The van der Waals surface area contributed by atoms with Gasteiger partial charge < -0.3 is 19.9 Å². The highest BCUT2D eigenvalue weighted by Crippen LogP contribution is 2.49. The maximum absolute atomic E-state index is 9.88. The van der Waals surface area contributed by atoms with Gasteiger partial charge in [0.1, 0.15) is 11.6 Å². The number of para-hydroxylation sites is 1. The molecule has 0 bridgehead atoms. The van der Waals surface area contributed by atoms with Crippen molar-refractivity contribution in [1.82, 2.24) is 10.2 Å². The molecule has 9 heteroatoms. The first-order chi connectivity index (χ1) is 14.5. The number of nitriles is 1. The largest absolute Gasteiger partial charge is 0.493 e. The summed E-state index contributed by atoms with van der Waals surface area (Å²) in [5.74, 6) is 0.652. The fourth-order valence-electron chi connectivity index (χ4n) is 3.57. The van der Waals surface area contributed by atoms with Crippen LogP contribution in [0.2, 0.25) is 10.0 Å². The Morgan fingerprint density at radius 2 is 1.97 bits per heavy atom. The average molecular weight is 443 g/mol. The summed E-state index contributed by atoms with van der Waals surface area (Å²) >= 11 is 12.3. The van der Waals surface area contributed by atoms with Crippen LogP contribution < -0.4 is 19.9 Å². The molecule has 30 heavy (non-hydrogen) atoms. The maximum Gasteiger partial charge on any atom is 0.244 e. The molecule has 1 atom stereocenters. The molecule has 0 radical (unpaired) electrons. The second kappa shape index (κ2) is 7.82. The number of fused-ring (bicyclic) bond motifs is 1. The summed E-state index contributed by atoms with van der Waals surface area (Å²) in [5.41, 5.74) is 8.96. The van der Waals surface area contributed by atoms with Crippen LogP contribution >= 0.6 is 23.2 Å². The zero-order chi connectivity index (χ0) is 21.4. The molecule has 3 aromatic rings. The Labute approximate surface area is 182 Å². The van der Waals surface area contributed by atoms with Crippen molar-refractivity contribution in [2.45, 2.75) is 5.92 Å². The molecule has 0 spiro atoms. The monoisotopic (exact) mass is 442 g/mol. The minimum atomic E-state index is -0.605. The van der Waals surface area contributed by atoms with Gasteiger partial charge in [-0.05, 0) is 18.2 Å². The van der Waals surface area contributed by atoms with Crippen molar-refractivity contribution in [2.24, 2.45) is 5.73 Å². The molecule has 7 nitrogen and oxygen atoms in total. The van der Waals surface area contributed by atoms with E-state index in [0.29, 0.717) is 38.4 Å². The number of methoxy groups -OCH3 is 2. The first kappa shape index (κ1) is 20.0. The van der Waals surface area contributed by atoms with Gasteiger partial charge >= 0.3 is 0 Å². The van der Waals surface area contributed by atoms with E-state index in [0.717, 1.165) is 5.56 Å². The van der Waals surface area contributed by atoms with E-state index in [1.165, 1.54) is 7.11 Å². The molecule has 0 saturated carbocycles. The minimum Gasteiger partial charge on any atom is -0.493 e. The maximum atomic E-state index is 9.88. The van der Waals surface area contributed by atoms with Crippen LogP contribution in [0.5, 0.6) is 17.4 Å². The van der Waals surface area contributed by atoms with Crippen molar-refractivity contribution in [3.8, 4) is 34.7 Å². The minimum absolute atomic E-state index is 0.0212. The van der Waals surface area contributed by atoms with E-state index in [1.807, 2.05) is 12.1 Å². The number of nitrogens with zero attached hydrogens (tertiary/aromatic N) is 2. The van der Waals surface area contributed by atoms with E-state index in [1.54, 1.807) is 31.4 Å². The van der Waals surface area contributed by atoms with Crippen LogP contribution in [0.3, 0.4) is 0 Å². The van der Waals surface area contributed by atoms with Crippen LogP contribution in [0, 0.1) is 11.3 Å². The fourth-order valence-corrected chi connectivity index (χ4v) is 3.87. The van der Waals surface area contributed by atoms with E-state index >= 15 is 0 Å². The van der Waals surface area contributed by atoms with Crippen LogP contribution in [-0.2, 0) is 0 Å². The number of ether oxygens (including phenoxy) is 3. The standard InChI is InChI=1S/C21H16Cl2N4O3/c1-28-15-5-3-4-11(19(15)29-2)16-12(9-24)20(25)30-21-17(16)18(26-27-21)10-6-7-13(22)14(23)8-10/h3-8,16H,25H2,1-2H3,(H,26,27).